The molecule has 5 rings (SSSR count). The van der Waals surface area contributed by atoms with E-state index in [2.05, 4.69) is 65.3 Å². The maximum Gasteiger partial charge on any atom is 0.182 e. The second kappa shape index (κ2) is 19.1. The van der Waals surface area contributed by atoms with Gasteiger partial charge in [-0.1, -0.05) is 24.3 Å². The molecule has 10 nitrogen and oxygen atoms in total. The van der Waals surface area contributed by atoms with Crippen LogP contribution in [-0.2, 0) is 39.3 Å². The third kappa shape index (κ3) is 12.6. The van der Waals surface area contributed by atoms with Crippen LogP contribution in [0.1, 0.15) is 59.6 Å². The van der Waals surface area contributed by atoms with Gasteiger partial charge >= 0.3 is 0 Å². The van der Waals surface area contributed by atoms with Crippen LogP contribution in [-0.4, -0.2) is 72.1 Å². The summed E-state index contributed by atoms with van der Waals surface area (Å²) < 4.78 is 0. The smallest absolute Gasteiger partial charge is 0.182 e. The van der Waals surface area contributed by atoms with Crippen molar-refractivity contribution < 1.29 is 0 Å². The molecule has 0 radical (unpaired) electrons. The van der Waals surface area contributed by atoms with Gasteiger partial charge in [0.05, 0.1) is 0 Å². The minimum atomic E-state index is 0. The minimum Gasteiger partial charge on any atom is -0.360 e. The van der Waals surface area contributed by atoms with Gasteiger partial charge in [-0.3, -0.25) is 19.4 Å². The van der Waals surface area contributed by atoms with Gasteiger partial charge in [-0.25, -0.2) is 0 Å². The van der Waals surface area contributed by atoms with Crippen LogP contribution in [0.15, 0.2) is 58.1 Å². The molecule has 0 amide bonds. The Labute approximate surface area is 277 Å². The van der Waals surface area contributed by atoms with Crippen molar-refractivity contribution in [2.75, 3.05) is 52.4 Å². The number of hydrogen-bond acceptors (Lipinski definition) is 8. The van der Waals surface area contributed by atoms with Crippen molar-refractivity contribution in [1.29, 1.82) is 0 Å². The van der Waals surface area contributed by atoms with E-state index in [1.807, 2.05) is 0 Å². The van der Waals surface area contributed by atoms with E-state index in [0.717, 1.165) is 114 Å². The quantitative estimate of drug-likeness (QED) is 0.249. The highest BCUT2D eigenvalue weighted by atomic mass is 79.9. The lowest BCUT2D eigenvalue weighted by atomic mass is 10.1. The predicted octanol–water partition coefficient (Wildman–Crippen LogP) is 2.59. The zero-order valence-corrected chi connectivity index (χ0v) is 28.2. The highest BCUT2D eigenvalue weighted by molar-refractivity contribution is 8.93. The normalized spacial score (nSPS) is 18.7. The Kier molecular flexibility index (Phi) is 15.0. The molecular weight excluding hydrogens is 632 g/mol. The number of fused-ring (bicyclic) bond motifs is 4. The summed E-state index contributed by atoms with van der Waals surface area (Å²) in [6, 6.07) is 16.0. The highest BCUT2D eigenvalue weighted by Crippen LogP contribution is 2.12. The SMILES string of the molecule is Br.O=c1cc2[nH]c(c1)CNCCCN(Cc1ccc(CN3CCCNCc4cc(=O)cc([nH]4)CNCCC3)cc1)CCCNC2. The molecule has 246 valence electrons. The molecule has 45 heavy (non-hydrogen) atoms. The number of pyridine rings is 2. The molecule has 0 spiro atoms. The summed E-state index contributed by atoms with van der Waals surface area (Å²) in [5, 5.41) is 14.0. The van der Waals surface area contributed by atoms with Crippen LogP contribution < -0.4 is 32.1 Å². The number of aromatic nitrogens is 2. The van der Waals surface area contributed by atoms with E-state index in [0.29, 0.717) is 26.2 Å². The first-order chi connectivity index (χ1) is 21.6. The van der Waals surface area contributed by atoms with E-state index in [1.165, 1.54) is 11.1 Å². The first-order valence-electron chi connectivity index (χ1n) is 16.4. The van der Waals surface area contributed by atoms with Gasteiger partial charge in [0.25, 0.3) is 0 Å². The Bertz CT molecular complexity index is 1230. The van der Waals surface area contributed by atoms with Crippen LogP contribution in [0.4, 0.5) is 0 Å². The van der Waals surface area contributed by atoms with Crippen LogP contribution in [0.5, 0.6) is 0 Å². The van der Waals surface area contributed by atoms with Crippen molar-refractivity contribution >= 4 is 17.0 Å². The van der Waals surface area contributed by atoms with E-state index >= 15 is 0 Å². The molecule has 11 heteroatoms. The molecule has 2 aromatic heterocycles. The van der Waals surface area contributed by atoms with Crippen molar-refractivity contribution in [2.45, 2.75) is 65.0 Å². The van der Waals surface area contributed by atoms with Gasteiger partial charge in [0.1, 0.15) is 0 Å². The van der Waals surface area contributed by atoms with Gasteiger partial charge < -0.3 is 31.2 Å². The largest absolute Gasteiger partial charge is 0.360 e. The minimum absolute atomic E-state index is 0. The van der Waals surface area contributed by atoms with Crippen molar-refractivity contribution in [2.24, 2.45) is 0 Å². The Morgan fingerprint density at radius 1 is 0.489 bits per heavy atom. The van der Waals surface area contributed by atoms with Crippen LogP contribution in [0.25, 0.3) is 0 Å². The van der Waals surface area contributed by atoms with Gasteiger partial charge in [0, 0.05) is 86.3 Å². The number of aromatic amines is 2. The number of H-pyrrole nitrogens is 2. The van der Waals surface area contributed by atoms with Gasteiger partial charge in [-0.15, -0.1) is 17.0 Å². The molecule has 2 aliphatic rings. The summed E-state index contributed by atoms with van der Waals surface area (Å²) in [5.41, 5.74) is 6.65. The molecule has 0 saturated carbocycles. The lowest BCUT2D eigenvalue weighted by molar-refractivity contribution is 0.254. The molecule has 6 N–H and O–H groups in total. The fraction of sp³-hybridized carbons (Fsp3) is 0.529. The van der Waals surface area contributed by atoms with Gasteiger partial charge in [-0.2, -0.15) is 0 Å². The number of benzene rings is 1. The van der Waals surface area contributed by atoms with Crippen molar-refractivity contribution in [1.82, 2.24) is 41.0 Å². The highest BCUT2D eigenvalue weighted by Gasteiger charge is 2.11. The molecule has 0 fully saturated rings. The van der Waals surface area contributed by atoms with E-state index in [1.54, 1.807) is 24.3 Å². The standard InChI is InChI=1S/C34H50N8O2.BrH/c43-33-17-29-21-35-9-1-13-41(14-2-10-36-22-30(18-33)39-29)25-27-5-7-28(8-6-27)26-42-15-3-11-37-23-31-19-34(44)20-32(40-31)24-38-12-4-16-42;/h5-8,17-20,35-38H,1-4,9-16,21-26H2,(H,39,43)(H,40,44);1H. The lowest BCUT2D eigenvalue weighted by Gasteiger charge is -2.24. The van der Waals surface area contributed by atoms with Crippen LogP contribution in [0, 0.1) is 0 Å². The lowest BCUT2D eigenvalue weighted by Crippen LogP contribution is -2.31. The van der Waals surface area contributed by atoms with E-state index in [9.17, 15) is 9.59 Å². The predicted molar refractivity (Wildman–Crippen MR) is 187 cm³/mol. The number of hydrogen-bond donors (Lipinski definition) is 6. The first-order valence-corrected chi connectivity index (χ1v) is 16.4. The maximum absolute atomic E-state index is 12.0. The van der Waals surface area contributed by atoms with Gasteiger partial charge in [0.2, 0.25) is 0 Å². The molecule has 4 bridgehead atoms. The van der Waals surface area contributed by atoms with Crippen LogP contribution >= 0.6 is 17.0 Å². The van der Waals surface area contributed by atoms with Gasteiger partial charge in [-0.05, 0) is 89.2 Å². The molecule has 0 saturated heterocycles. The third-order valence-electron chi connectivity index (χ3n) is 8.32. The maximum atomic E-state index is 12.0. The molecule has 1 aromatic carbocycles. The van der Waals surface area contributed by atoms with E-state index in [-0.39, 0.29) is 27.8 Å². The molecule has 0 aliphatic carbocycles. The zero-order valence-electron chi connectivity index (χ0n) is 26.5. The number of nitrogens with zero attached hydrogens (tertiary/aromatic N) is 2. The molecule has 0 atom stereocenters. The Balaban J connectivity index is 0.00000461. The zero-order chi connectivity index (χ0) is 30.4. The van der Waals surface area contributed by atoms with Crippen molar-refractivity contribution in [3.63, 3.8) is 0 Å². The summed E-state index contributed by atoms with van der Waals surface area (Å²) in [4.78, 5) is 35.9. The number of rotatable bonds is 4. The van der Waals surface area contributed by atoms with Gasteiger partial charge in [0.15, 0.2) is 10.9 Å². The summed E-state index contributed by atoms with van der Waals surface area (Å²) in [6.45, 7) is 12.5. The molecule has 3 aromatic rings. The Morgan fingerprint density at radius 3 is 1.07 bits per heavy atom. The first kappa shape index (κ1) is 35.2. The molecular formula is C34H51BrN8O2. The monoisotopic (exact) mass is 682 g/mol. The molecule has 4 heterocycles. The number of halogens is 1. The summed E-state index contributed by atoms with van der Waals surface area (Å²) in [5.74, 6) is 0. The summed E-state index contributed by atoms with van der Waals surface area (Å²) >= 11 is 0. The summed E-state index contributed by atoms with van der Waals surface area (Å²) in [7, 11) is 0. The van der Waals surface area contributed by atoms with Crippen molar-refractivity contribution in [3.05, 3.63) is 103 Å². The Hall–Kier alpha value is -2.64. The van der Waals surface area contributed by atoms with E-state index < -0.39 is 0 Å². The fourth-order valence-corrected chi connectivity index (χ4v) is 6.12. The average Bonchev–Trinajstić information content (AvgIpc) is 3.00. The fourth-order valence-electron chi connectivity index (χ4n) is 6.12. The third-order valence-corrected chi connectivity index (χ3v) is 8.32. The number of nitrogens with one attached hydrogen (secondary N) is 6. The van der Waals surface area contributed by atoms with Crippen LogP contribution in [0.3, 0.4) is 0 Å². The second-order valence-corrected chi connectivity index (χ2v) is 12.2. The van der Waals surface area contributed by atoms with E-state index in [4.69, 9.17) is 0 Å². The second-order valence-electron chi connectivity index (χ2n) is 12.2. The molecule has 0 unspecified atom stereocenters. The van der Waals surface area contributed by atoms with Crippen molar-refractivity contribution in [3.8, 4) is 0 Å². The summed E-state index contributed by atoms with van der Waals surface area (Å²) in [6.07, 6.45) is 4.27. The molecule has 2 aliphatic heterocycles. The Morgan fingerprint density at radius 2 is 0.778 bits per heavy atom. The topological polar surface area (TPSA) is 120 Å². The average molecular weight is 684 g/mol. The van der Waals surface area contributed by atoms with Crippen LogP contribution in [0.2, 0.25) is 0 Å².